The Kier molecular flexibility index (Phi) is 6.68. The van der Waals surface area contributed by atoms with Gasteiger partial charge >= 0.3 is 5.97 Å². The number of likely N-dealkylation sites (N-methyl/N-ethyl adjacent to an activating group) is 1. The molecule has 0 spiro atoms. The Labute approximate surface area is 133 Å². The van der Waals surface area contributed by atoms with E-state index in [4.69, 9.17) is 32.8 Å². The lowest BCUT2D eigenvalue weighted by Crippen LogP contribution is -2.22. The number of halogens is 2. The van der Waals surface area contributed by atoms with E-state index in [-0.39, 0.29) is 17.4 Å². The third-order valence-corrected chi connectivity index (χ3v) is 3.34. The van der Waals surface area contributed by atoms with Gasteiger partial charge in [0.15, 0.2) is 5.78 Å². The summed E-state index contributed by atoms with van der Waals surface area (Å²) in [6.45, 7) is 1.21. The molecule has 0 saturated heterocycles. The van der Waals surface area contributed by atoms with E-state index in [1.54, 1.807) is 13.1 Å². The number of esters is 1. The average Bonchev–Trinajstić information content (AvgIpc) is 2.44. The lowest BCUT2D eigenvalue weighted by molar-refractivity contribution is -0.143. The van der Waals surface area contributed by atoms with Crippen molar-refractivity contribution in [2.45, 2.75) is 6.92 Å². The fraction of sp³-hybridized carbons (Fsp3) is 0.286. The number of carbonyl (C=O) groups is 2. The molecular weight excluding hydrogens is 317 g/mol. The van der Waals surface area contributed by atoms with Crippen molar-refractivity contribution in [3.8, 4) is 0 Å². The third kappa shape index (κ3) is 5.38. The Balaban J connectivity index is 2.99. The molecule has 0 amide bonds. The summed E-state index contributed by atoms with van der Waals surface area (Å²) in [5, 5.41) is 1.99. The van der Waals surface area contributed by atoms with Crippen LogP contribution in [0.3, 0.4) is 0 Å². The summed E-state index contributed by atoms with van der Waals surface area (Å²) in [7, 11) is 3.03. The molecule has 0 atom stereocenters. The first-order valence-electron chi connectivity index (χ1n) is 5.96. The van der Waals surface area contributed by atoms with Crippen LogP contribution in [-0.4, -0.2) is 37.6 Å². The predicted octanol–water partition coefficient (Wildman–Crippen LogP) is 3.12. The van der Waals surface area contributed by atoms with Crippen LogP contribution in [0.5, 0.6) is 0 Å². The number of ether oxygens (including phenoxy) is 1. The van der Waals surface area contributed by atoms with Crippen LogP contribution in [0.25, 0.3) is 0 Å². The third-order valence-electron chi connectivity index (χ3n) is 2.60. The molecule has 0 aromatic heterocycles. The molecule has 0 radical (unpaired) electrons. The molecule has 0 saturated carbocycles. The van der Waals surface area contributed by atoms with Crippen LogP contribution in [0.15, 0.2) is 30.0 Å². The van der Waals surface area contributed by atoms with E-state index in [0.29, 0.717) is 16.3 Å². The van der Waals surface area contributed by atoms with Crippen LogP contribution in [0.1, 0.15) is 17.3 Å². The molecule has 0 aliphatic rings. The Morgan fingerprint density at radius 1 is 1.29 bits per heavy atom. The number of carbonyl (C=O) groups excluding carboxylic acids is 2. The Morgan fingerprint density at radius 2 is 1.95 bits per heavy atom. The van der Waals surface area contributed by atoms with Gasteiger partial charge in [-0.15, -0.1) is 0 Å². The molecule has 0 heterocycles. The molecule has 0 bridgehead atoms. The highest BCUT2D eigenvalue weighted by Crippen LogP contribution is 2.23. The van der Waals surface area contributed by atoms with E-state index in [2.05, 4.69) is 0 Å². The minimum atomic E-state index is -0.451. The van der Waals surface area contributed by atoms with Crippen LogP contribution < -0.4 is 0 Å². The molecule has 0 N–H and O–H groups in total. The predicted molar refractivity (Wildman–Crippen MR) is 80.3 cm³/mol. The molecule has 5 nitrogen and oxygen atoms in total. The number of hydrogen-bond acceptors (Lipinski definition) is 5. The van der Waals surface area contributed by atoms with Crippen molar-refractivity contribution in [1.29, 1.82) is 0 Å². The molecule has 114 valence electrons. The van der Waals surface area contributed by atoms with Gasteiger partial charge in [-0.3, -0.25) is 19.5 Å². The highest BCUT2D eigenvalue weighted by Gasteiger charge is 2.12. The second kappa shape index (κ2) is 8.02. The quantitative estimate of drug-likeness (QED) is 0.347. The van der Waals surface area contributed by atoms with Crippen molar-refractivity contribution in [2.24, 2.45) is 0 Å². The fourth-order valence-electron chi connectivity index (χ4n) is 1.40. The maximum absolute atomic E-state index is 12.2. The molecule has 1 aromatic carbocycles. The zero-order valence-corrected chi connectivity index (χ0v) is 13.4. The summed E-state index contributed by atoms with van der Waals surface area (Å²) in [5.74, 6) is -0.757. The molecule has 1 rings (SSSR count). The first kappa shape index (κ1) is 17.5. The molecule has 0 aliphatic heterocycles. The van der Waals surface area contributed by atoms with Gasteiger partial charge in [0.2, 0.25) is 0 Å². The summed E-state index contributed by atoms with van der Waals surface area (Å²) in [6, 6.07) is 4.57. The number of nitrogens with zero attached hydrogens (tertiary/aromatic N) is 1. The molecule has 21 heavy (non-hydrogen) atoms. The van der Waals surface area contributed by atoms with Crippen LogP contribution in [-0.2, 0) is 14.4 Å². The van der Waals surface area contributed by atoms with Gasteiger partial charge in [0.25, 0.3) is 0 Å². The zero-order chi connectivity index (χ0) is 16.0. The number of hydrogen-bond donors (Lipinski definition) is 0. The van der Waals surface area contributed by atoms with Crippen LogP contribution in [0.4, 0.5) is 0 Å². The van der Waals surface area contributed by atoms with E-state index < -0.39 is 5.97 Å². The molecule has 0 fully saturated rings. The van der Waals surface area contributed by atoms with Crippen molar-refractivity contribution in [3.63, 3.8) is 0 Å². The van der Waals surface area contributed by atoms with Crippen molar-refractivity contribution in [1.82, 2.24) is 5.06 Å². The lowest BCUT2D eigenvalue weighted by Gasteiger charge is -2.19. The summed E-state index contributed by atoms with van der Waals surface area (Å²) >= 11 is 11.7. The first-order valence-corrected chi connectivity index (χ1v) is 6.72. The van der Waals surface area contributed by atoms with Gasteiger partial charge in [0.05, 0.1) is 22.9 Å². The van der Waals surface area contributed by atoms with Crippen molar-refractivity contribution < 1.29 is 19.2 Å². The Hall–Kier alpha value is -1.56. The smallest absolute Gasteiger partial charge is 0.303 e. The van der Waals surface area contributed by atoms with Crippen LogP contribution in [0, 0.1) is 0 Å². The van der Waals surface area contributed by atoms with Gasteiger partial charge in [-0.1, -0.05) is 23.2 Å². The normalized spacial score (nSPS) is 11.2. The van der Waals surface area contributed by atoms with E-state index in [0.717, 1.165) is 0 Å². The number of ketones is 1. The first-order chi connectivity index (χ1) is 9.85. The molecule has 7 heteroatoms. The molecule has 1 aromatic rings. The van der Waals surface area contributed by atoms with Crippen molar-refractivity contribution >= 4 is 35.0 Å². The monoisotopic (exact) mass is 331 g/mol. The van der Waals surface area contributed by atoms with Crippen LogP contribution in [0.2, 0.25) is 10.0 Å². The average molecular weight is 332 g/mol. The summed E-state index contributed by atoms with van der Waals surface area (Å²) < 4.78 is 4.88. The Morgan fingerprint density at radius 3 is 2.48 bits per heavy atom. The van der Waals surface area contributed by atoms with Gasteiger partial charge in [0.1, 0.15) is 6.61 Å². The van der Waals surface area contributed by atoms with E-state index >= 15 is 0 Å². The van der Waals surface area contributed by atoms with Gasteiger partial charge in [-0.2, -0.15) is 0 Å². The highest BCUT2D eigenvalue weighted by atomic mass is 35.5. The second-order valence-electron chi connectivity index (χ2n) is 4.09. The molecule has 0 unspecified atom stereocenters. The van der Waals surface area contributed by atoms with E-state index in [1.165, 1.54) is 37.3 Å². The second-order valence-corrected chi connectivity index (χ2v) is 4.90. The van der Waals surface area contributed by atoms with E-state index in [9.17, 15) is 9.59 Å². The van der Waals surface area contributed by atoms with Gasteiger partial charge < -0.3 is 4.74 Å². The summed E-state index contributed by atoms with van der Waals surface area (Å²) in [4.78, 5) is 28.1. The van der Waals surface area contributed by atoms with Crippen molar-refractivity contribution in [2.75, 3.05) is 20.8 Å². The van der Waals surface area contributed by atoms with Gasteiger partial charge in [0, 0.05) is 25.6 Å². The Bertz CT molecular complexity index is 572. The van der Waals surface area contributed by atoms with Crippen molar-refractivity contribution in [3.05, 3.63) is 45.6 Å². The lowest BCUT2D eigenvalue weighted by atomic mass is 10.1. The molecule has 0 aliphatic carbocycles. The largest absolute Gasteiger partial charge is 0.459 e. The fourth-order valence-corrected chi connectivity index (χ4v) is 1.70. The molecular formula is C14H15Cl2NO4. The van der Waals surface area contributed by atoms with Gasteiger partial charge in [-0.25, -0.2) is 0 Å². The summed E-state index contributed by atoms with van der Waals surface area (Å²) in [6.07, 6.45) is 1.31. The number of benzene rings is 1. The standard InChI is InChI=1S/C14H15Cl2NO4/c1-9(18)21-8-11(17(2)20-3)7-14(19)10-4-5-12(15)13(16)6-10/h4-7H,8H2,1-3H3. The minimum Gasteiger partial charge on any atom is -0.459 e. The highest BCUT2D eigenvalue weighted by molar-refractivity contribution is 6.42. The number of allylic oxidation sites excluding steroid dienone is 1. The van der Waals surface area contributed by atoms with Gasteiger partial charge in [-0.05, 0) is 18.2 Å². The summed E-state index contributed by atoms with van der Waals surface area (Å²) in [5.41, 5.74) is 0.762. The number of hydroxylamine groups is 2. The number of rotatable bonds is 6. The maximum Gasteiger partial charge on any atom is 0.303 e. The minimum absolute atomic E-state index is 0.0767. The zero-order valence-electron chi connectivity index (χ0n) is 11.9. The SMILES string of the molecule is CON(C)C(=CC(=O)c1ccc(Cl)c(Cl)c1)COC(C)=O. The van der Waals surface area contributed by atoms with Crippen LogP contribution >= 0.6 is 23.2 Å². The maximum atomic E-state index is 12.2. The van der Waals surface area contributed by atoms with E-state index in [1.807, 2.05) is 0 Å². The topological polar surface area (TPSA) is 55.8 Å².